The molecule has 7 nitrogen and oxygen atoms in total. The average molecular weight is 342 g/mol. The molecule has 0 saturated carbocycles. The predicted octanol–water partition coefficient (Wildman–Crippen LogP) is 2.24. The van der Waals surface area contributed by atoms with Crippen LogP contribution in [-0.2, 0) is 17.8 Å². The highest BCUT2D eigenvalue weighted by molar-refractivity contribution is 7.10. The van der Waals surface area contributed by atoms with Gasteiger partial charge in [0.25, 0.3) is 5.91 Å². The molecule has 0 aliphatic rings. The van der Waals surface area contributed by atoms with Crippen molar-refractivity contribution in [3.05, 3.63) is 64.4 Å². The molecule has 2 N–H and O–H groups in total. The van der Waals surface area contributed by atoms with Gasteiger partial charge in [-0.15, -0.1) is 11.3 Å². The topological polar surface area (TPSA) is 97.1 Å². The molecule has 0 radical (unpaired) electrons. The van der Waals surface area contributed by atoms with E-state index < -0.39 is 0 Å². The smallest absolute Gasteiger partial charge is 0.302 e. The van der Waals surface area contributed by atoms with E-state index in [-0.39, 0.29) is 29.9 Å². The van der Waals surface area contributed by atoms with Crippen molar-refractivity contribution in [2.24, 2.45) is 0 Å². The fourth-order valence-corrected chi connectivity index (χ4v) is 2.65. The number of hydrogen-bond acceptors (Lipinski definition) is 6. The SMILES string of the molecule is O=C(Cc1cccs1)Nc1nc(C(=O)NCc2cccnc2)co1. The van der Waals surface area contributed by atoms with Crippen molar-refractivity contribution < 1.29 is 14.0 Å². The van der Waals surface area contributed by atoms with Crippen molar-refractivity contribution in [2.45, 2.75) is 13.0 Å². The van der Waals surface area contributed by atoms with Crippen molar-refractivity contribution in [1.29, 1.82) is 0 Å². The lowest BCUT2D eigenvalue weighted by molar-refractivity contribution is -0.115. The summed E-state index contributed by atoms with van der Waals surface area (Å²) in [6, 6.07) is 7.40. The van der Waals surface area contributed by atoms with Crippen LogP contribution in [0.4, 0.5) is 6.01 Å². The Morgan fingerprint density at radius 2 is 2.17 bits per heavy atom. The fraction of sp³-hybridized carbons (Fsp3) is 0.125. The third kappa shape index (κ3) is 4.26. The molecule has 0 bridgehead atoms. The molecule has 0 atom stereocenters. The van der Waals surface area contributed by atoms with Crippen LogP contribution >= 0.6 is 11.3 Å². The number of nitrogens with zero attached hydrogens (tertiary/aromatic N) is 2. The zero-order valence-electron chi connectivity index (χ0n) is 12.6. The number of oxazole rings is 1. The molecule has 0 fully saturated rings. The van der Waals surface area contributed by atoms with Crippen LogP contribution in [0.3, 0.4) is 0 Å². The average Bonchev–Trinajstić information content (AvgIpc) is 3.25. The number of anilines is 1. The molecule has 0 spiro atoms. The standard InChI is InChI=1S/C16H14N4O3S/c21-14(7-12-4-2-6-24-12)20-16-19-13(10-23-16)15(22)18-9-11-3-1-5-17-8-11/h1-6,8,10H,7,9H2,(H,18,22)(H,19,20,21). The lowest BCUT2D eigenvalue weighted by Crippen LogP contribution is -2.23. The number of amides is 2. The maximum atomic E-state index is 12.0. The highest BCUT2D eigenvalue weighted by atomic mass is 32.1. The molecule has 8 heteroatoms. The number of rotatable bonds is 6. The van der Waals surface area contributed by atoms with E-state index in [0.717, 1.165) is 10.4 Å². The van der Waals surface area contributed by atoms with Crippen molar-refractivity contribution in [3.63, 3.8) is 0 Å². The Labute approximate surface area is 141 Å². The minimum atomic E-state index is -0.388. The van der Waals surface area contributed by atoms with E-state index in [1.807, 2.05) is 23.6 Å². The molecule has 24 heavy (non-hydrogen) atoms. The van der Waals surface area contributed by atoms with Crippen molar-refractivity contribution >= 4 is 29.2 Å². The van der Waals surface area contributed by atoms with Gasteiger partial charge in [0.15, 0.2) is 5.69 Å². The van der Waals surface area contributed by atoms with Crippen molar-refractivity contribution in [3.8, 4) is 0 Å². The van der Waals surface area contributed by atoms with E-state index >= 15 is 0 Å². The third-order valence-corrected chi connectivity index (χ3v) is 3.95. The van der Waals surface area contributed by atoms with Crippen molar-refractivity contribution in [1.82, 2.24) is 15.3 Å². The van der Waals surface area contributed by atoms with Crippen LogP contribution < -0.4 is 10.6 Å². The van der Waals surface area contributed by atoms with Gasteiger partial charge in [-0.3, -0.25) is 19.9 Å². The van der Waals surface area contributed by atoms with Gasteiger partial charge < -0.3 is 9.73 Å². The molecule has 0 aliphatic heterocycles. The Bertz CT molecular complexity index is 815. The highest BCUT2D eigenvalue weighted by Gasteiger charge is 2.14. The zero-order valence-corrected chi connectivity index (χ0v) is 13.4. The fourth-order valence-electron chi connectivity index (χ4n) is 1.95. The van der Waals surface area contributed by atoms with Crippen LogP contribution in [0.15, 0.2) is 52.7 Å². The molecule has 3 rings (SSSR count). The number of hydrogen-bond donors (Lipinski definition) is 2. The van der Waals surface area contributed by atoms with Gasteiger partial charge in [-0.1, -0.05) is 12.1 Å². The molecule has 0 saturated heterocycles. The predicted molar refractivity (Wildman–Crippen MR) is 88.6 cm³/mol. The van der Waals surface area contributed by atoms with Crippen LogP contribution in [0.1, 0.15) is 20.9 Å². The molecule has 3 heterocycles. The van der Waals surface area contributed by atoms with Crippen LogP contribution in [0.2, 0.25) is 0 Å². The second-order valence-electron chi connectivity index (χ2n) is 4.89. The van der Waals surface area contributed by atoms with Gasteiger partial charge in [0.2, 0.25) is 5.91 Å². The molecule has 2 amide bonds. The normalized spacial score (nSPS) is 10.3. The van der Waals surface area contributed by atoms with E-state index in [9.17, 15) is 9.59 Å². The van der Waals surface area contributed by atoms with Crippen LogP contribution in [0.25, 0.3) is 0 Å². The summed E-state index contributed by atoms with van der Waals surface area (Å²) in [6.07, 6.45) is 4.77. The second kappa shape index (κ2) is 7.51. The molecule has 122 valence electrons. The Morgan fingerprint density at radius 1 is 1.25 bits per heavy atom. The first-order chi connectivity index (χ1) is 11.7. The summed E-state index contributed by atoms with van der Waals surface area (Å²) < 4.78 is 5.11. The summed E-state index contributed by atoms with van der Waals surface area (Å²) in [7, 11) is 0. The van der Waals surface area contributed by atoms with Crippen LogP contribution in [-0.4, -0.2) is 21.8 Å². The lowest BCUT2D eigenvalue weighted by atomic mass is 10.3. The summed E-state index contributed by atoms with van der Waals surface area (Å²) in [5, 5.41) is 7.14. The number of nitrogens with one attached hydrogen (secondary N) is 2. The Hall–Kier alpha value is -3.00. The summed E-state index contributed by atoms with van der Waals surface area (Å²) in [5.74, 6) is -0.636. The van der Waals surface area contributed by atoms with E-state index in [1.54, 1.807) is 18.5 Å². The minimum Gasteiger partial charge on any atom is -0.431 e. The third-order valence-electron chi connectivity index (χ3n) is 3.07. The van der Waals surface area contributed by atoms with Gasteiger partial charge in [-0.05, 0) is 23.1 Å². The lowest BCUT2D eigenvalue weighted by Gasteiger charge is -2.02. The van der Waals surface area contributed by atoms with Crippen molar-refractivity contribution in [2.75, 3.05) is 5.32 Å². The monoisotopic (exact) mass is 342 g/mol. The quantitative estimate of drug-likeness (QED) is 0.716. The summed E-state index contributed by atoms with van der Waals surface area (Å²) >= 11 is 1.50. The summed E-state index contributed by atoms with van der Waals surface area (Å²) in [5.41, 5.74) is 0.976. The largest absolute Gasteiger partial charge is 0.431 e. The zero-order chi connectivity index (χ0) is 16.8. The van der Waals surface area contributed by atoms with Crippen LogP contribution in [0, 0.1) is 0 Å². The Morgan fingerprint density at radius 3 is 2.92 bits per heavy atom. The van der Waals surface area contributed by atoms with Gasteiger partial charge in [0, 0.05) is 23.8 Å². The first-order valence-electron chi connectivity index (χ1n) is 7.15. The molecule has 3 aromatic rings. The van der Waals surface area contributed by atoms with E-state index in [0.29, 0.717) is 6.54 Å². The molecule has 3 aromatic heterocycles. The number of thiophene rings is 1. The van der Waals surface area contributed by atoms with Gasteiger partial charge >= 0.3 is 6.01 Å². The second-order valence-corrected chi connectivity index (χ2v) is 5.92. The maximum Gasteiger partial charge on any atom is 0.302 e. The number of carbonyl (C=O) groups is 2. The van der Waals surface area contributed by atoms with Gasteiger partial charge in [0.1, 0.15) is 6.26 Å². The van der Waals surface area contributed by atoms with E-state index in [4.69, 9.17) is 4.42 Å². The van der Waals surface area contributed by atoms with Gasteiger partial charge in [-0.2, -0.15) is 4.98 Å². The summed E-state index contributed by atoms with van der Waals surface area (Å²) in [4.78, 5) is 32.7. The first kappa shape index (κ1) is 15.9. The van der Waals surface area contributed by atoms with E-state index in [1.165, 1.54) is 17.6 Å². The molecule has 0 aliphatic carbocycles. The van der Waals surface area contributed by atoms with Gasteiger partial charge in [-0.25, -0.2) is 0 Å². The number of aromatic nitrogens is 2. The summed E-state index contributed by atoms with van der Waals surface area (Å²) in [6.45, 7) is 0.333. The van der Waals surface area contributed by atoms with E-state index in [2.05, 4.69) is 20.6 Å². The number of carbonyl (C=O) groups excluding carboxylic acids is 2. The number of pyridine rings is 1. The minimum absolute atomic E-state index is 0.00286. The first-order valence-corrected chi connectivity index (χ1v) is 8.03. The Balaban J connectivity index is 1.52. The molecule has 0 unspecified atom stereocenters. The molecular weight excluding hydrogens is 328 g/mol. The highest BCUT2D eigenvalue weighted by Crippen LogP contribution is 2.12. The van der Waals surface area contributed by atoms with Crippen LogP contribution in [0.5, 0.6) is 0 Å². The Kier molecular flexibility index (Phi) is 4.97. The maximum absolute atomic E-state index is 12.0. The molecular formula is C16H14N4O3S. The molecule has 0 aromatic carbocycles. The van der Waals surface area contributed by atoms with Gasteiger partial charge in [0.05, 0.1) is 6.42 Å².